The van der Waals surface area contributed by atoms with Crippen molar-refractivity contribution in [3.05, 3.63) is 64.7 Å². The lowest BCUT2D eigenvalue weighted by Gasteiger charge is -2.09. The average molecular weight is 352 g/mol. The molecule has 2 amide bonds. The number of aryl methyl sites for hydroxylation is 2. The van der Waals surface area contributed by atoms with Crippen molar-refractivity contribution in [2.45, 2.75) is 39.3 Å². The largest absolute Gasteiger partial charge is 0.377 e. The van der Waals surface area contributed by atoms with E-state index in [0.717, 1.165) is 30.4 Å². The van der Waals surface area contributed by atoms with E-state index in [1.165, 1.54) is 11.1 Å². The highest BCUT2D eigenvalue weighted by Gasteiger charge is 2.15. The van der Waals surface area contributed by atoms with Gasteiger partial charge in [0.2, 0.25) is 0 Å². The summed E-state index contributed by atoms with van der Waals surface area (Å²) in [4.78, 5) is 24.1. The van der Waals surface area contributed by atoms with Crippen LogP contribution in [0.15, 0.2) is 42.5 Å². The van der Waals surface area contributed by atoms with Crippen LogP contribution in [0.2, 0.25) is 0 Å². The topological polar surface area (TPSA) is 67.4 Å². The van der Waals surface area contributed by atoms with Crippen LogP contribution in [0.3, 0.4) is 0 Å². The first-order valence-electron chi connectivity index (χ1n) is 9.02. The zero-order valence-electron chi connectivity index (χ0n) is 15.0. The van der Waals surface area contributed by atoms with Gasteiger partial charge in [-0.3, -0.25) is 9.59 Å². The fourth-order valence-corrected chi connectivity index (χ4v) is 3.07. The smallest absolute Gasteiger partial charge is 0.313 e. The molecule has 5 nitrogen and oxygen atoms in total. The van der Waals surface area contributed by atoms with Gasteiger partial charge >= 0.3 is 11.8 Å². The first kappa shape index (κ1) is 18.1. The van der Waals surface area contributed by atoms with Crippen LogP contribution in [0.25, 0.3) is 0 Å². The lowest BCUT2D eigenvalue weighted by atomic mass is 10.1. The van der Waals surface area contributed by atoms with Crippen molar-refractivity contribution in [1.29, 1.82) is 0 Å². The SMILES string of the molecule is CCOCc1ccc(CNC(=O)C(=O)Nc2ccc3c(c2)CCC3)cc1. The molecule has 1 aliphatic rings. The minimum absolute atomic E-state index is 0.311. The maximum atomic E-state index is 12.1. The molecule has 2 N–H and O–H groups in total. The number of benzene rings is 2. The Morgan fingerprint density at radius 1 is 0.962 bits per heavy atom. The highest BCUT2D eigenvalue weighted by molar-refractivity contribution is 6.39. The first-order chi connectivity index (χ1) is 12.7. The van der Waals surface area contributed by atoms with E-state index in [0.29, 0.717) is 25.4 Å². The molecule has 0 bridgehead atoms. The van der Waals surface area contributed by atoms with Gasteiger partial charge in [-0.05, 0) is 60.6 Å². The summed E-state index contributed by atoms with van der Waals surface area (Å²) in [5.41, 5.74) is 5.28. The summed E-state index contributed by atoms with van der Waals surface area (Å²) in [5, 5.41) is 5.32. The summed E-state index contributed by atoms with van der Waals surface area (Å²) in [6.07, 6.45) is 3.27. The molecule has 26 heavy (non-hydrogen) atoms. The molecule has 0 aromatic heterocycles. The van der Waals surface area contributed by atoms with Gasteiger partial charge in [0.15, 0.2) is 0 Å². The second-order valence-corrected chi connectivity index (χ2v) is 6.43. The van der Waals surface area contributed by atoms with Gasteiger partial charge in [0, 0.05) is 18.8 Å². The van der Waals surface area contributed by atoms with Crippen molar-refractivity contribution >= 4 is 17.5 Å². The molecule has 0 saturated carbocycles. The lowest BCUT2D eigenvalue weighted by Crippen LogP contribution is -2.34. The van der Waals surface area contributed by atoms with E-state index in [-0.39, 0.29) is 0 Å². The van der Waals surface area contributed by atoms with Gasteiger partial charge in [-0.2, -0.15) is 0 Å². The summed E-state index contributed by atoms with van der Waals surface area (Å²) in [6.45, 7) is 3.52. The molecular formula is C21H24N2O3. The zero-order valence-corrected chi connectivity index (χ0v) is 15.0. The Kier molecular flexibility index (Phi) is 6.02. The number of hydrogen-bond acceptors (Lipinski definition) is 3. The molecule has 3 rings (SSSR count). The molecular weight excluding hydrogens is 328 g/mol. The van der Waals surface area contributed by atoms with Gasteiger partial charge in [-0.15, -0.1) is 0 Å². The molecule has 136 valence electrons. The quantitative estimate of drug-likeness (QED) is 0.786. The molecule has 0 atom stereocenters. The van der Waals surface area contributed by atoms with Crippen LogP contribution in [-0.2, 0) is 40.3 Å². The van der Waals surface area contributed by atoms with Crippen LogP contribution in [0, 0.1) is 0 Å². The van der Waals surface area contributed by atoms with E-state index in [2.05, 4.69) is 10.6 Å². The monoisotopic (exact) mass is 352 g/mol. The van der Waals surface area contributed by atoms with Crippen molar-refractivity contribution in [2.24, 2.45) is 0 Å². The minimum atomic E-state index is -0.643. The molecule has 2 aromatic rings. The number of amides is 2. The molecule has 0 heterocycles. The number of nitrogens with one attached hydrogen (secondary N) is 2. The maximum absolute atomic E-state index is 12.1. The number of anilines is 1. The summed E-state index contributed by atoms with van der Waals surface area (Å²) in [6, 6.07) is 13.6. The number of carbonyl (C=O) groups is 2. The first-order valence-corrected chi connectivity index (χ1v) is 9.02. The number of fused-ring (bicyclic) bond motifs is 1. The van der Waals surface area contributed by atoms with Crippen LogP contribution in [-0.4, -0.2) is 18.4 Å². The molecule has 2 aromatic carbocycles. The Morgan fingerprint density at radius 2 is 1.69 bits per heavy atom. The van der Waals surface area contributed by atoms with Gasteiger partial charge in [0.25, 0.3) is 0 Å². The third-order valence-corrected chi connectivity index (χ3v) is 4.51. The van der Waals surface area contributed by atoms with E-state index < -0.39 is 11.8 Å². The maximum Gasteiger partial charge on any atom is 0.313 e. The third-order valence-electron chi connectivity index (χ3n) is 4.51. The number of rotatable bonds is 6. The van der Waals surface area contributed by atoms with Crippen LogP contribution in [0.4, 0.5) is 5.69 Å². The van der Waals surface area contributed by atoms with Gasteiger partial charge in [-0.1, -0.05) is 30.3 Å². The van der Waals surface area contributed by atoms with E-state index in [4.69, 9.17) is 4.74 Å². The summed E-state index contributed by atoms with van der Waals surface area (Å²) < 4.78 is 5.35. The highest BCUT2D eigenvalue weighted by atomic mass is 16.5. The van der Waals surface area contributed by atoms with E-state index in [1.807, 2.05) is 49.4 Å². The molecule has 0 radical (unpaired) electrons. The van der Waals surface area contributed by atoms with E-state index >= 15 is 0 Å². The van der Waals surface area contributed by atoms with E-state index in [9.17, 15) is 9.59 Å². The van der Waals surface area contributed by atoms with Crippen molar-refractivity contribution in [2.75, 3.05) is 11.9 Å². The second-order valence-electron chi connectivity index (χ2n) is 6.43. The Hall–Kier alpha value is -2.66. The Morgan fingerprint density at radius 3 is 2.46 bits per heavy atom. The Labute approximate surface area is 153 Å². The summed E-state index contributed by atoms with van der Waals surface area (Å²) in [7, 11) is 0. The molecule has 0 unspecified atom stereocenters. The summed E-state index contributed by atoms with van der Waals surface area (Å²) in [5.74, 6) is -1.28. The van der Waals surface area contributed by atoms with E-state index in [1.54, 1.807) is 0 Å². The van der Waals surface area contributed by atoms with Crippen LogP contribution < -0.4 is 10.6 Å². The fraction of sp³-hybridized carbons (Fsp3) is 0.333. The van der Waals surface area contributed by atoms with Gasteiger partial charge in [0.1, 0.15) is 0 Å². The molecule has 0 aliphatic heterocycles. The number of carbonyl (C=O) groups excluding carboxylic acids is 2. The van der Waals surface area contributed by atoms with Gasteiger partial charge in [-0.25, -0.2) is 0 Å². The minimum Gasteiger partial charge on any atom is -0.377 e. The third kappa shape index (κ3) is 4.70. The molecule has 0 spiro atoms. The average Bonchev–Trinajstić information content (AvgIpc) is 3.13. The molecule has 1 aliphatic carbocycles. The fourth-order valence-electron chi connectivity index (χ4n) is 3.07. The van der Waals surface area contributed by atoms with Crippen molar-refractivity contribution in [3.63, 3.8) is 0 Å². The zero-order chi connectivity index (χ0) is 18.4. The predicted molar refractivity (Wildman–Crippen MR) is 101 cm³/mol. The lowest BCUT2D eigenvalue weighted by molar-refractivity contribution is -0.136. The van der Waals surface area contributed by atoms with Crippen molar-refractivity contribution in [3.8, 4) is 0 Å². The molecule has 0 fully saturated rings. The molecule has 0 saturated heterocycles. The standard InChI is InChI=1S/C21H24N2O3/c1-2-26-14-16-8-6-15(7-9-16)13-22-20(24)21(25)23-19-11-10-17-4-3-5-18(17)12-19/h6-12H,2-5,13-14H2,1H3,(H,22,24)(H,23,25). The van der Waals surface area contributed by atoms with Gasteiger partial charge < -0.3 is 15.4 Å². The van der Waals surface area contributed by atoms with Crippen LogP contribution in [0.5, 0.6) is 0 Å². The number of ether oxygens (including phenoxy) is 1. The second kappa shape index (κ2) is 8.63. The number of hydrogen-bond donors (Lipinski definition) is 2. The highest BCUT2D eigenvalue weighted by Crippen LogP contribution is 2.24. The molecule has 5 heteroatoms. The van der Waals surface area contributed by atoms with Crippen LogP contribution in [0.1, 0.15) is 35.6 Å². The van der Waals surface area contributed by atoms with Crippen molar-refractivity contribution in [1.82, 2.24) is 5.32 Å². The van der Waals surface area contributed by atoms with Crippen LogP contribution >= 0.6 is 0 Å². The van der Waals surface area contributed by atoms with Crippen molar-refractivity contribution < 1.29 is 14.3 Å². The predicted octanol–water partition coefficient (Wildman–Crippen LogP) is 2.97. The Bertz CT molecular complexity index is 784. The Balaban J connectivity index is 1.49. The van der Waals surface area contributed by atoms with Gasteiger partial charge in [0.05, 0.1) is 6.61 Å². The normalized spacial score (nSPS) is 12.5. The summed E-state index contributed by atoms with van der Waals surface area (Å²) >= 11 is 0.